The Balaban J connectivity index is 1.68. The van der Waals surface area contributed by atoms with Gasteiger partial charge in [0.05, 0.1) is 10.5 Å². The molecular weight excluding hydrogens is 380 g/mol. The van der Waals surface area contributed by atoms with Crippen molar-refractivity contribution in [3.63, 3.8) is 0 Å². The number of nitrogens with one attached hydrogen (secondary N) is 1. The third-order valence-electron chi connectivity index (χ3n) is 4.12. The summed E-state index contributed by atoms with van der Waals surface area (Å²) in [7, 11) is -3.91. The minimum atomic E-state index is -3.91. The number of amides is 1. The molecule has 3 N–H and O–H groups in total. The number of aryl methyl sites for hydroxylation is 1. The highest BCUT2D eigenvalue weighted by molar-refractivity contribution is 7.89. The molecule has 144 valence electrons. The van der Waals surface area contributed by atoms with Crippen LogP contribution in [-0.4, -0.2) is 26.9 Å². The van der Waals surface area contributed by atoms with Gasteiger partial charge in [-0.15, -0.1) is 0 Å². The number of esters is 1. The molecular formula is C20H18N2O5S. The van der Waals surface area contributed by atoms with Crippen LogP contribution in [0.4, 0.5) is 5.69 Å². The van der Waals surface area contributed by atoms with Crippen LogP contribution < -0.4 is 10.5 Å². The first kappa shape index (κ1) is 19.5. The molecule has 0 saturated carbocycles. The molecule has 8 heteroatoms. The lowest BCUT2D eigenvalue weighted by Gasteiger charge is -2.10. The number of carbonyl (C=O) groups excluding carboxylic acids is 2. The number of primary sulfonamides is 1. The predicted octanol–water partition coefficient (Wildman–Crippen LogP) is 2.59. The van der Waals surface area contributed by atoms with Crippen LogP contribution in [0.2, 0.25) is 0 Å². The molecule has 0 unspecified atom stereocenters. The Hall–Kier alpha value is -3.23. The van der Waals surface area contributed by atoms with Crippen molar-refractivity contribution in [3.05, 3.63) is 71.8 Å². The van der Waals surface area contributed by atoms with Gasteiger partial charge in [-0.3, -0.25) is 4.79 Å². The lowest BCUT2D eigenvalue weighted by molar-refractivity contribution is -0.119. The highest BCUT2D eigenvalue weighted by Crippen LogP contribution is 2.20. The number of ether oxygens (including phenoxy) is 1. The molecule has 0 aliphatic rings. The second-order valence-electron chi connectivity index (χ2n) is 6.18. The summed E-state index contributed by atoms with van der Waals surface area (Å²) in [5.74, 6) is -1.22. The summed E-state index contributed by atoms with van der Waals surface area (Å²) in [6.45, 7) is 1.08. The molecule has 0 aliphatic carbocycles. The van der Waals surface area contributed by atoms with Gasteiger partial charge in [-0.25, -0.2) is 18.4 Å². The summed E-state index contributed by atoms with van der Waals surface area (Å²) in [5.41, 5.74) is 1.06. The van der Waals surface area contributed by atoms with Crippen LogP contribution in [0, 0.1) is 6.92 Å². The Kier molecular flexibility index (Phi) is 5.43. The van der Waals surface area contributed by atoms with E-state index in [1.165, 1.54) is 18.2 Å². The van der Waals surface area contributed by atoms with E-state index in [-0.39, 0.29) is 10.6 Å². The first-order chi connectivity index (χ1) is 13.3. The number of benzene rings is 3. The molecule has 0 aliphatic heterocycles. The molecule has 3 aromatic rings. The summed E-state index contributed by atoms with van der Waals surface area (Å²) < 4.78 is 28.2. The van der Waals surface area contributed by atoms with Gasteiger partial charge in [-0.1, -0.05) is 42.5 Å². The molecule has 0 atom stereocenters. The van der Waals surface area contributed by atoms with Crippen LogP contribution in [0.25, 0.3) is 10.8 Å². The number of hydrogen-bond acceptors (Lipinski definition) is 5. The maximum absolute atomic E-state index is 12.3. The fourth-order valence-corrected chi connectivity index (χ4v) is 3.60. The zero-order valence-corrected chi connectivity index (χ0v) is 15.8. The number of nitrogens with two attached hydrogens (primary N) is 1. The van der Waals surface area contributed by atoms with Crippen LogP contribution in [0.3, 0.4) is 0 Å². The van der Waals surface area contributed by atoms with Gasteiger partial charge < -0.3 is 10.1 Å². The van der Waals surface area contributed by atoms with E-state index in [2.05, 4.69) is 5.32 Å². The zero-order chi connectivity index (χ0) is 20.3. The second-order valence-corrected chi connectivity index (χ2v) is 7.71. The third-order valence-corrected chi connectivity index (χ3v) is 5.18. The Bertz CT molecular complexity index is 1170. The SMILES string of the molecule is Cc1ccc(NC(=O)COC(=O)c2cccc3ccccc23)cc1S(N)(=O)=O. The van der Waals surface area contributed by atoms with Crippen molar-refractivity contribution >= 4 is 38.4 Å². The molecule has 3 aromatic carbocycles. The number of carbonyl (C=O) groups is 2. The van der Waals surface area contributed by atoms with Crippen LogP contribution in [0.1, 0.15) is 15.9 Å². The van der Waals surface area contributed by atoms with E-state index in [1.807, 2.05) is 24.3 Å². The molecule has 7 nitrogen and oxygen atoms in total. The molecule has 3 rings (SSSR count). The Morgan fingerprint density at radius 1 is 1.04 bits per heavy atom. The smallest absolute Gasteiger partial charge is 0.339 e. The Morgan fingerprint density at radius 2 is 1.75 bits per heavy atom. The van der Waals surface area contributed by atoms with E-state index < -0.39 is 28.5 Å². The minimum absolute atomic E-state index is 0.0851. The van der Waals surface area contributed by atoms with E-state index in [4.69, 9.17) is 9.88 Å². The van der Waals surface area contributed by atoms with Crippen LogP contribution in [0.5, 0.6) is 0 Å². The summed E-state index contributed by atoms with van der Waals surface area (Å²) in [5, 5.41) is 9.26. The molecule has 0 heterocycles. The number of anilines is 1. The average Bonchev–Trinajstić information content (AvgIpc) is 2.66. The summed E-state index contributed by atoms with van der Waals surface area (Å²) >= 11 is 0. The maximum Gasteiger partial charge on any atom is 0.339 e. The van der Waals surface area contributed by atoms with Gasteiger partial charge in [-0.2, -0.15) is 0 Å². The van der Waals surface area contributed by atoms with Crippen LogP contribution >= 0.6 is 0 Å². The molecule has 0 spiro atoms. The van der Waals surface area contributed by atoms with E-state index in [0.29, 0.717) is 11.1 Å². The largest absolute Gasteiger partial charge is 0.452 e. The van der Waals surface area contributed by atoms with Crippen LogP contribution in [-0.2, 0) is 19.6 Å². The van der Waals surface area contributed by atoms with Gasteiger partial charge in [0.1, 0.15) is 0 Å². The third kappa shape index (κ3) is 4.36. The fraction of sp³-hybridized carbons (Fsp3) is 0.100. The standard InChI is InChI=1S/C20H18N2O5S/c1-13-9-10-15(11-18(13)28(21,25)26)22-19(23)12-27-20(24)17-8-4-6-14-5-2-3-7-16(14)17/h2-11H,12H2,1H3,(H,22,23)(H2,21,25,26). The molecule has 0 fully saturated rings. The topological polar surface area (TPSA) is 116 Å². The van der Waals surface area contributed by atoms with Crippen molar-refractivity contribution in [3.8, 4) is 0 Å². The van der Waals surface area contributed by atoms with Gasteiger partial charge in [0.2, 0.25) is 10.0 Å². The van der Waals surface area contributed by atoms with Crippen molar-refractivity contribution in [2.45, 2.75) is 11.8 Å². The summed E-state index contributed by atoms with van der Waals surface area (Å²) in [6.07, 6.45) is 0. The quantitative estimate of drug-likeness (QED) is 0.641. The number of rotatable bonds is 5. The van der Waals surface area contributed by atoms with E-state index >= 15 is 0 Å². The van der Waals surface area contributed by atoms with E-state index in [9.17, 15) is 18.0 Å². The molecule has 0 radical (unpaired) electrons. The normalized spacial score (nSPS) is 11.2. The van der Waals surface area contributed by atoms with Gasteiger partial charge >= 0.3 is 5.97 Å². The molecule has 1 amide bonds. The van der Waals surface area contributed by atoms with Gasteiger partial charge in [-0.05, 0) is 41.5 Å². The fourth-order valence-electron chi connectivity index (χ4n) is 2.79. The second kappa shape index (κ2) is 7.79. The molecule has 0 bridgehead atoms. The van der Waals surface area contributed by atoms with Crippen LogP contribution in [0.15, 0.2) is 65.6 Å². The first-order valence-corrected chi connectivity index (χ1v) is 9.88. The van der Waals surface area contributed by atoms with Crippen molar-refractivity contribution in [2.24, 2.45) is 5.14 Å². The van der Waals surface area contributed by atoms with E-state index in [1.54, 1.807) is 25.1 Å². The highest BCUT2D eigenvalue weighted by Gasteiger charge is 2.15. The highest BCUT2D eigenvalue weighted by atomic mass is 32.2. The lowest BCUT2D eigenvalue weighted by Crippen LogP contribution is -2.21. The van der Waals surface area contributed by atoms with Gasteiger partial charge in [0, 0.05) is 5.69 Å². The predicted molar refractivity (Wildman–Crippen MR) is 105 cm³/mol. The summed E-state index contributed by atoms with van der Waals surface area (Å²) in [4.78, 5) is 24.4. The van der Waals surface area contributed by atoms with Crippen molar-refractivity contribution < 1.29 is 22.7 Å². The van der Waals surface area contributed by atoms with Gasteiger partial charge in [0.15, 0.2) is 6.61 Å². The summed E-state index contributed by atoms with van der Waals surface area (Å²) in [6, 6.07) is 16.9. The molecule has 0 aromatic heterocycles. The van der Waals surface area contributed by atoms with Crippen molar-refractivity contribution in [2.75, 3.05) is 11.9 Å². The zero-order valence-electron chi connectivity index (χ0n) is 15.0. The Labute approximate surface area is 162 Å². The Morgan fingerprint density at radius 3 is 2.50 bits per heavy atom. The number of hydrogen-bond donors (Lipinski definition) is 2. The van der Waals surface area contributed by atoms with E-state index in [0.717, 1.165) is 10.8 Å². The minimum Gasteiger partial charge on any atom is -0.452 e. The van der Waals surface area contributed by atoms with Crippen molar-refractivity contribution in [1.29, 1.82) is 0 Å². The first-order valence-electron chi connectivity index (χ1n) is 8.34. The average molecular weight is 398 g/mol. The number of fused-ring (bicyclic) bond motifs is 1. The lowest BCUT2D eigenvalue weighted by atomic mass is 10.1. The monoisotopic (exact) mass is 398 g/mol. The van der Waals surface area contributed by atoms with Gasteiger partial charge in [0.25, 0.3) is 5.91 Å². The molecule has 0 saturated heterocycles. The number of sulfonamides is 1. The maximum atomic E-state index is 12.3. The molecule has 28 heavy (non-hydrogen) atoms. The van der Waals surface area contributed by atoms with Crippen molar-refractivity contribution in [1.82, 2.24) is 0 Å².